The zero-order chi connectivity index (χ0) is 40.3. The van der Waals surface area contributed by atoms with Crippen LogP contribution < -0.4 is 10.4 Å². The lowest BCUT2D eigenvalue weighted by atomic mass is 9.86. The van der Waals surface area contributed by atoms with Crippen molar-refractivity contribution in [1.82, 2.24) is 0 Å². The summed E-state index contributed by atoms with van der Waals surface area (Å²) in [4.78, 5) is 41.9. The molecule has 2 bridgehead atoms. The lowest BCUT2D eigenvalue weighted by molar-refractivity contribution is -0.188. The number of rotatable bonds is 7. The number of benzene rings is 4. The second kappa shape index (κ2) is 16.9. The van der Waals surface area contributed by atoms with Gasteiger partial charge in [-0.2, -0.15) is 0 Å². The van der Waals surface area contributed by atoms with E-state index in [0.717, 1.165) is 30.4 Å². The molecule has 1 aromatic heterocycles. The molecule has 0 saturated heterocycles. The maximum atomic E-state index is 14.4. The van der Waals surface area contributed by atoms with Gasteiger partial charge >= 0.3 is 17.6 Å². The van der Waals surface area contributed by atoms with E-state index in [-0.39, 0.29) is 30.4 Å². The second-order valence-corrected chi connectivity index (χ2v) is 16.5. The maximum absolute atomic E-state index is 14.4. The lowest BCUT2D eigenvalue weighted by Gasteiger charge is -2.43. The third kappa shape index (κ3) is 9.07. The summed E-state index contributed by atoms with van der Waals surface area (Å²) in [6, 6.07) is 32.8. The highest BCUT2D eigenvalue weighted by molar-refractivity contribution is 5.90. The minimum Gasteiger partial charge on any atom is -0.483 e. The molecule has 8 heteroatoms. The van der Waals surface area contributed by atoms with Crippen molar-refractivity contribution in [3.05, 3.63) is 158 Å². The molecular formula is C49H52O8. The monoisotopic (exact) mass is 768 g/mol. The summed E-state index contributed by atoms with van der Waals surface area (Å²) in [5.41, 5.74) is 6.11. The van der Waals surface area contributed by atoms with Crippen molar-refractivity contribution in [3.8, 4) is 5.75 Å². The summed E-state index contributed by atoms with van der Waals surface area (Å²) < 4.78 is 25.3. The molecule has 0 radical (unpaired) electrons. The first-order valence-electron chi connectivity index (χ1n) is 20.1. The van der Waals surface area contributed by atoms with Gasteiger partial charge in [-0.05, 0) is 123 Å². The quantitative estimate of drug-likeness (QED) is 0.0991. The fraction of sp³-hybridized carbons (Fsp3) is 0.367. The Hall–Kier alpha value is -5.47. The van der Waals surface area contributed by atoms with Crippen LogP contribution in [0.2, 0.25) is 0 Å². The molecule has 0 saturated carbocycles. The topological polar surface area (TPSA) is 112 Å². The van der Waals surface area contributed by atoms with Crippen molar-refractivity contribution in [2.45, 2.75) is 103 Å². The summed E-state index contributed by atoms with van der Waals surface area (Å²) in [5.74, 6) is -0.862. The molecule has 8 rings (SSSR count). The van der Waals surface area contributed by atoms with Crippen LogP contribution in [0.5, 0.6) is 5.75 Å². The van der Waals surface area contributed by atoms with Gasteiger partial charge in [0.25, 0.3) is 0 Å². The number of aryl methyl sites for hydroxylation is 2. The van der Waals surface area contributed by atoms with E-state index in [1.807, 2.05) is 26.0 Å². The zero-order valence-corrected chi connectivity index (χ0v) is 33.5. The smallest absolute Gasteiger partial charge is 0.339 e. The maximum Gasteiger partial charge on any atom is 0.339 e. The van der Waals surface area contributed by atoms with Crippen LogP contribution >= 0.6 is 0 Å². The van der Waals surface area contributed by atoms with Gasteiger partial charge in [-0.15, -0.1) is 0 Å². The van der Waals surface area contributed by atoms with E-state index in [1.165, 1.54) is 16.7 Å². The van der Waals surface area contributed by atoms with Crippen molar-refractivity contribution in [3.63, 3.8) is 0 Å². The largest absolute Gasteiger partial charge is 0.483 e. The van der Waals surface area contributed by atoms with Crippen molar-refractivity contribution >= 4 is 22.9 Å². The predicted octanol–water partition coefficient (Wildman–Crippen LogP) is 9.31. The van der Waals surface area contributed by atoms with E-state index in [1.54, 1.807) is 32.9 Å². The van der Waals surface area contributed by atoms with Gasteiger partial charge in [-0.1, -0.05) is 92.7 Å². The summed E-state index contributed by atoms with van der Waals surface area (Å²) >= 11 is 0. The Morgan fingerprint density at radius 3 is 2.26 bits per heavy atom. The number of carbonyl (C=O) groups is 2. The highest BCUT2D eigenvalue weighted by Crippen LogP contribution is 2.47. The van der Waals surface area contributed by atoms with Crippen LogP contribution in [-0.2, 0) is 44.7 Å². The Bertz CT molecular complexity index is 2330. The molecule has 3 aliphatic rings. The van der Waals surface area contributed by atoms with Crippen molar-refractivity contribution < 1.29 is 33.3 Å². The molecule has 4 heterocycles. The lowest BCUT2D eigenvalue weighted by Crippen LogP contribution is -2.52. The van der Waals surface area contributed by atoms with Crippen LogP contribution in [0, 0.1) is 5.92 Å². The van der Waals surface area contributed by atoms with E-state index >= 15 is 0 Å². The second-order valence-electron chi connectivity index (χ2n) is 16.5. The molecule has 0 aliphatic carbocycles. The Balaban J connectivity index is 1.26. The average Bonchev–Trinajstić information content (AvgIpc) is 3.18. The summed E-state index contributed by atoms with van der Waals surface area (Å²) in [5, 5.41) is 10.8. The minimum atomic E-state index is -1.16. The van der Waals surface area contributed by atoms with Crippen LogP contribution in [0.15, 0.2) is 117 Å². The molecule has 296 valence electrons. The third-order valence-electron chi connectivity index (χ3n) is 11.4. The fourth-order valence-electron chi connectivity index (χ4n) is 8.16. The predicted molar refractivity (Wildman–Crippen MR) is 220 cm³/mol. The first-order chi connectivity index (χ1) is 27.4. The molecule has 3 atom stereocenters. The Kier molecular flexibility index (Phi) is 11.8. The Labute approximate surface area is 334 Å². The van der Waals surface area contributed by atoms with Crippen molar-refractivity contribution in [2.24, 2.45) is 5.92 Å². The van der Waals surface area contributed by atoms with Gasteiger partial charge in [-0.3, -0.25) is 4.79 Å². The van der Waals surface area contributed by atoms with E-state index in [9.17, 15) is 19.5 Å². The summed E-state index contributed by atoms with van der Waals surface area (Å²) in [6.45, 7) is 8.81. The van der Waals surface area contributed by atoms with Crippen LogP contribution in [0.4, 0.5) is 0 Å². The van der Waals surface area contributed by atoms with E-state index in [2.05, 4.69) is 72.8 Å². The molecule has 0 unspecified atom stereocenters. The molecule has 8 nitrogen and oxygen atoms in total. The summed E-state index contributed by atoms with van der Waals surface area (Å²) in [7, 11) is 0. The van der Waals surface area contributed by atoms with Gasteiger partial charge in [0.05, 0.1) is 12.2 Å². The van der Waals surface area contributed by atoms with Gasteiger partial charge in [0, 0.05) is 22.9 Å². The molecule has 0 spiro atoms. The number of esters is 2. The SMILES string of the molecule is C/C(CO)=C1\CCc2ccc(cc2)C[C@H](CCc2cccc(Cc3ccccc3)c2)CC(=O)O[C@@H]2c3c(ccc4cc(C(C)C)c(=O)oc34)OC(C)(C)[C@H]2OC1=O. The number of fused-ring (bicyclic) bond motifs is 13. The Morgan fingerprint density at radius 1 is 0.807 bits per heavy atom. The first kappa shape index (κ1) is 39.8. The van der Waals surface area contributed by atoms with Gasteiger partial charge in [0.2, 0.25) is 0 Å². The Morgan fingerprint density at radius 2 is 1.53 bits per heavy atom. The molecule has 3 aliphatic heterocycles. The highest BCUT2D eigenvalue weighted by Gasteiger charge is 2.50. The molecule has 5 aromatic rings. The van der Waals surface area contributed by atoms with E-state index < -0.39 is 35.4 Å². The van der Waals surface area contributed by atoms with Gasteiger partial charge < -0.3 is 23.7 Å². The van der Waals surface area contributed by atoms with Gasteiger partial charge in [0.1, 0.15) is 16.9 Å². The van der Waals surface area contributed by atoms with E-state index in [4.69, 9.17) is 18.6 Å². The summed E-state index contributed by atoms with van der Waals surface area (Å²) in [6.07, 6.45) is 1.75. The number of aliphatic hydroxyl groups is 1. The number of ether oxygens (including phenoxy) is 3. The number of carbonyl (C=O) groups excluding carboxylic acids is 2. The van der Waals surface area contributed by atoms with Crippen molar-refractivity contribution in [1.29, 1.82) is 0 Å². The number of aliphatic hydroxyl groups excluding tert-OH is 1. The molecule has 0 amide bonds. The minimum absolute atomic E-state index is 0.0665. The third-order valence-corrected chi connectivity index (χ3v) is 11.4. The standard InChI is InChI=1S/C49H52O8/c1-30(2)40-28-38-21-23-41-43(44(38)55-48(40)53)45-46(49(4,5)57-41)56-47(52)39(31(3)29-50)22-20-32-14-16-35(17-15-32)26-37(27-42(51)54-45)19-18-34-12-9-13-36(25-34)24-33-10-7-6-8-11-33/h6-17,21,23,25,28,30,37,45-46,50H,18-20,22,24,26-27,29H2,1-5H3/b39-31-/t37-,45+,46-/m0/s1. The van der Waals surface area contributed by atoms with E-state index in [0.29, 0.717) is 52.7 Å². The normalized spacial score (nSPS) is 20.6. The van der Waals surface area contributed by atoms with Gasteiger partial charge in [-0.25, -0.2) is 9.59 Å². The average molecular weight is 769 g/mol. The van der Waals surface area contributed by atoms with Crippen LogP contribution in [-0.4, -0.2) is 35.4 Å². The molecular weight excluding hydrogens is 717 g/mol. The number of hydrogen-bond donors (Lipinski definition) is 1. The van der Waals surface area contributed by atoms with Crippen molar-refractivity contribution in [2.75, 3.05) is 6.61 Å². The molecule has 57 heavy (non-hydrogen) atoms. The first-order valence-corrected chi connectivity index (χ1v) is 20.1. The molecule has 1 N–H and O–H groups in total. The fourth-order valence-corrected chi connectivity index (χ4v) is 8.16. The molecule has 0 fully saturated rings. The zero-order valence-electron chi connectivity index (χ0n) is 33.5. The highest BCUT2D eigenvalue weighted by atomic mass is 16.6. The van der Waals surface area contributed by atoms with Crippen LogP contribution in [0.3, 0.4) is 0 Å². The van der Waals surface area contributed by atoms with Gasteiger partial charge in [0.15, 0.2) is 12.2 Å². The molecule has 4 aromatic carbocycles. The van der Waals surface area contributed by atoms with Crippen LogP contribution in [0.1, 0.15) is 105 Å². The number of hydrogen-bond acceptors (Lipinski definition) is 8. The van der Waals surface area contributed by atoms with Crippen LogP contribution in [0.25, 0.3) is 11.0 Å².